The summed E-state index contributed by atoms with van der Waals surface area (Å²) < 4.78 is 80.2. The molecule has 0 radical (unpaired) electrons. The Labute approximate surface area is 241 Å². The molecule has 0 aliphatic carbocycles. The third kappa shape index (κ3) is 8.98. The number of rotatable bonds is 8. The second-order valence-corrected chi connectivity index (χ2v) is 10.2. The molecule has 224 valence electrons. The largest absolute Gasteiger partial charge is 0.416 e. The van der Waals surface area contributed by atoms with Gasteiger partial charge in [0.05, 0.1) is 21.2 Å². The molecule has 41 heavy (non-hydrogen) atoms. The Morgan fingerprint density at radius 1 is 0.976 bits per heavy atom. The fourth-order valence-electron chi connectivity index (χ4n) is 4.15. The van der Waals surface area contributed by atoms with Crippen molar-refractivity contribution in [1.82, 2.24) is 20.7 Å². The predicted molar refractivity (Wildman–Crippen MR) is 139 cm³/mol. The molecule has 1 heterocycles. The fraction of sp³-hybridized carbons (Fsp3) is 0.423. The van der Waals surface area contributed by atoms with Crippen molar-refractivity contribution in [3.63, 3.8) is 0 Å². The molecule has 1 aliphatic heterocycles. The maximum absolute atomic E-state index is 13.4. The van der Waals surface area contributed by atoms with Crippen LogP contribution in [0.3, 0.4) is 0 Å². The van der Waals surface area contributed by atoms with Crippen LogP contribution in [-0.2, 0) is 28.5 Å². The van der Waals surface area contributed by atoms with E-state index >= 15 is 0 Å². The molecule has 7 nitrogen and oxygen atoms in total. The van der Waals surface area contributed by atoms with Gasteiger partial charge in [-0.3, -0.25) is 19.4 Å². The highest BCUT2D eigenvalue weighted by atomic mass is 35.5. The number of carbonyl (C=O) groups is 3. The Morgan fingerprint density at radius 2 is 1.61 bits per heavy atom. The number of nitrogens with zero attached hydrogens (tertiary/aromatic N) is 2. The lowest BCUT2D eigenvalue weighted by atomic mass is 10.0. The monoisotopic (exact) mass is 626 g/mol. The van der Waals surface area contributed by atoms with Crippen LogP contribution in [0.15, 0.2) is 36.4 Å². The van der Waals surface area contributed by atoms with Gasteiger partial charge in [-0.15, -0.1) is 0 Å². The van der Waals surface area contributed by atoms with E-state index in [2.05, 4.69) is 10.6 Å². The smallest absolute Gasteiger partial charge is 0.354 e. The summed E-state index contributed by atoms with van der Waals surface area (Å²) in [7, 11) is 1.16. The standard InChI is InChI=1S/C26H26Cl2F6N4O3/c1-37(24(41)16-11-17(25(29,30)31)13-18(12-16)26(32,33)34)38(14-15-5-6-19(27)20(28)10-15)9-7-22(39)36-21-4-2-3-8-35-23(21)40/h5-6,10-13,21H,2-4,7-9,14H2,1H3,(H,35,40)(H,36,39)/t21-/m1/s1. The molecule has 1 saturated heterocycles. The van der Waals surface area contributed by atoms with Crippen molar-refractivity contribution in [2.45, 2.75) is 50.6 Å². The number of carbonyl (C=O) groups excluding carboxylic acids is 3. The molecule has 2 aromatic carbocycles. The van der Waals surface area contributed by atoms with E-state index in [-0.39, 0.29) is 41.5 Å². The molecule has 0 saturated carbocycles. The fourth-order valence-corrected chi connectivity index (χ4v) is 4.47. The molecule has 0 spiro atoms. The third-order valence-corrected chi connectivity index (χ3v) is 7.11. The van der Waals surface area contributed by atoms with Crippen molar-refractivity contribution in [3.8, 4) is 0 Å². The van der Waals surface area contributed by atoms with E-state index in [9.17, 15) is 40.7 Å². The molecule has 2 aromatic rings. The lowest BCUT2D eigenvalue weighted by molar-refractivity contribution is -0.143. The third-order valence-electron chi connectivity index (χ3n) is 6.37. The number of hydrogen-bond acceptors (Lipinski definition) is 4. The zero-order chi connectivity index (χ0) is 30.5. The van der Waals surface area contributed by atoms with Gasteiger partial charge in [-0.25, -0.2) is 5.01 Å². The quantitative estimate of drug-likeness (QED) is 0.291. The maximum Gasteiger partial charge on any atom is 0.416 e. The minimum absolute atomic E-state index is 0.0712. The van der Waals surface area contributed by atoms with Gasteiger partial charge in [-0.1, -0.05) is 29.3 Å². The second kappa shape index (κ2) is 13.3. The number of hydrogen-bond donors (Lipinski definition) is 2. The normalized spacial score (nSPS) is 16.2. The molecular formula is C26H26Cl2F6N4O3. The average Bonchev–Trinajstić information content (AvgIpc) is 3.10. The van der Waals surface area contributed by atoms with Crippen molar-refractivity contribution < 1.29 is 40.7 Å². The SMILES string of the molecule is CN(C(=O)c1cc(C(F)(F)F)cc(C(F)(F)F)c1)N(CCC(=O)N[C@@H]1CCCCNC1=O)Cc1ccc(Cl)c(Cl)c1. The van der Waals surface area contributed by atoms with Crippen LogP contribution >= 0.6 is 23.2 Å². The van der Waals surface area contributed by atoms with Crippen LogP contribution in [0.25, 0.3) is 0 Å². The summed E-state index contributed by atoms with van der Waals surface area (Å²) in [5, 5.41) is 7.82. The van der Waals surface area contributed by atoms with Crippen LogP contribution in [0.4, 0.5) is 26.3 Å². The van der Waals surface area contributed by atoms with Gasteiger partial charge in [0, 0.05) is 38.7 Å². The van der Waals surface area contributed by atoms with Gasteiger partial charge < -0.3 is 10.6 Å². The van der Waals surface area contributed by atoms with Crippen LogP contribution in [0.1, 0.15) is 52.7 Å². The van der Waals surface area contributed by atoms with E-state index < -0.39 is 46.9 Å². The number of hydrazine groups is 1. The van der Waals surface area contributed by atoms with E-state index in [0.29, 0.717) is 37.1 Å². The minimum Gasteiger partial charge on any atom is -0.354 e. The molecule has 3 rings (SSSR count). The van der Waals surface area contributed by atoms with Crippen molar-refractivity contribution in [2.24, 2.45) is 0 Å². The topological polar surface area (TPSA) is 81.8 Å². The van der Waals surface area contributed by atoms with Crippen molar-refractivity contribution >= 4 is 40.9 Å². The summed E-state index contributed by atoms with van der Waals surface area (Å²) in [6.07, 6.45) is -8.64. The van der Waals surface area contributed by atoms with Gasteiger partial charge >= 0.3 is 12.4 Å². The van der Waals surface area contributed by atoms with Crippen molar-refractivity contribution in [2.75, 3.05) is 20.1 Å². The van der Waals surface area contributed by atoms with Gasteiger partial charge in [-0.05, 0) is 55.2 Å². The molecule has 3 amide bonds. The van der Waals surface area contributed by atoms with Crippen LogP contribution < -0.4 is 10.6 Å². The van der Waals surface area contributed by atoms with Crippen molar-refractivity contribution in [1.29, 1.82) is 0 Å². The van der Waals surface area contributed by atoms with Crippen LogP contribution in [0.5, 0.6) is 0 Å². The summed E-state index contributed by atoms with van der Waals surface area (Å²) >= 11 is 12.0. The Kier molecular flexibility index (Phi) is 10.5. The van der Waals surface area contributed by atoms with Crippen molar-refractivity contribution in [3.05, 3.63) is 68.7 Å². The first-order valence-electron chi connectivity index (χ1n) is 12.4. The molecular weight excluding hydrogens is 601 g/mol. The van der Waals surface area contributed by atoms with Gasteiger partial charge in [0.15, 0.2) is 0 Å². The lowest BCUT2D eigenvalue weighted by Crippen LogP contribution is -2.48. The van der Waals surface area contributed by atoms with Crippen LogP contribution in [0.2, 0.25) is 10.0 Å². The summed E-state index contributed by atoms with van der Waals surface area (Å²) in [4.78, 5) is 38.1. The van der Waals surface area contributed by atoms with E-state index in [4.69, 9.17) is 23.2 Å². The number of amides is 3. The highest BCUT2D eigenvalue weighted by molar-refractivity contribution is 6.42. The van der Waals surface area contributed by atoms with E-state index in [1.807, 2.05) is 0 Å². The summed E-state index contributed by atoms with van der Waals surface area (Å²) in [5.74, 6) is -2.04. The second-order valence-electron chi connectivity index (χ2n) is 9.42. The molecule has 15 heteroatoms. The lowest BCUT2D eigenvalue weighted by Gasteiger charge is -2.32. The molecule has 2 N–H and O–H groups in total. The first kappa shape index (κ1) is 32.5. The van der Waals surface area contributed by atoms with Crippen LogP contribution in [0, 0.1) is 0 Å². The maximum atomic E-state index is 13.4. The minimum atomic E-state index is -5.14. The molecule has 1 fully saturated rings. The van der Waals surface area contributed by atoms with E-state index in [1.54, 1.807) is 6.07 Å². The van der Waals surface area contributed by atoms with Crippen LogP contribution in [-0.4, -0.2) is 53.9 Å². The zero-order valence-electron chi connectivity index (χ0n) is 21.6. The average molecular weight is 627 g/mol. The van der Waals surface area contributed by atoms with E-state index in [1.165, 1.54) is 17.1 Å². The first-order chi connectivity index (χ1) is 19.1. The van der Waals surface area contributed by atoms with Gasteiger partial charge in [0.2, 0.25) is 11.8 Å². The molecule has 1 atom stereocenters. The summed E-state index contributed by atoms with van der Waals surface area (Å²) in [6, 6.07) is 4.35. The number of alkyl halides is 6. The molecule has 0 bridgehead atoms. The highest BCUT2D eigenvalue weighted by Crippen LogP contribution is 2.36. The Hall–Kier alpha value is -3.03. The van der Waals surface area contributed by atoms with Gasteiger partial charge in [-0.2, -0.15) is 26.3 Å². The highest BCUT2D eigenvalue weighted by Gasteiger charge is 2.38. The molecule has 1 aliphatic rings. The number of nitrogens with one attached hydrogen (secondary N) is 2. The Balaban J connectivity index is 1.87. The molecule has 0 unspecified atom stereocenters. The van der Waals surface area contributed by atoms with E-state index in [0.717, 1.165) is 18.5 Å². The first-order valence-corrected chi connectivity index (χ1v) is 13.1. The van der Waals surface area contributed by atoms with Gasteiger partial charge in [0.25, 0.3) is 5.91 Å². The zero-order valence-corrected chi connectivity index (χ0v) is 23.1. The number of halogens is 8. The predicted octanol–water partition coefficient (Wildman–Crippen LogP) is 5.70. The summed E-state index contributed by atoms with van der Waals surface area (Å²) in [6.45, 7) is 0.191. The Bertz CT molecular complexity index is 1260. The van der Waals surface area contributed by atoms with Gasteiger partial charge in [0.1, 0.15) is 6.04 Å². The molecule has 0 aromatic heterocycles. The summed E-state index contributed by atoms with van der Waals surface area (Å²) in [5.41, 5.74) is -3.64. The Morgan fingerprint density at radius 3 is 2.20 bits per heavy atom. The number of benzene rings is 2.